The molecule has 0 saturated heterocycles. The predicted octanol–water partition coefficient (Wildman–Crippen LogP) is 5.43. The number of thiazole rings is 1. The van der Waals surface area contributed by atoms with Crippen molar-refractivity contribution < 1.29 is 18.5 Å². The Labute approximate surface area is 228 Å². The Morgan fingerprint density at radius 3 is 2.49 bits per heavy atom. The Bertz CT molecular complexity index is 1240. The highest BCUT2D eigenvalue weighted by Gasteiger charge is 2.39. The molecule has 3 N–H and O–H groups in total. The van der Waals surface area contributed by atoms with Gasteiger partial charge in [-0.15, -0.1) is 11.3 Å². The molecule has 3 aliphatic rings. The minimum Gasteiger partial charge on any atom is -0.463 e. The van der Waals surface area contributed by atoms with E-state index in [0.29, 0.717) is 26.6 Å². The number of allylic oxidation sites excluding steroid dienone is 1. The maximum Gasteiger partial charge on any atom is 0.338 e. The molecule has 1 aliphatic heterocycles. The summed E-state index contributed by atoms with van der Waals surface area (Å²) in [5.41, 5.74) is 1.34. The van der Waals surface area contributed by atoms with Gasteiger partial charge in [0.25, 0.3) is 0 Å². The van der Waals surface area contributed by atoms with Crippen molar-refractivity contribution in [3.8, 4) is 0 Å². The van der Waals surface area contributed by atoms with Crippen molar-refractivity contribution in [2.24, 2.45) is 4.99 Å². The average Bonchev–Trinajstić information content (AvgIpc) is 3.34. The van der Waals surface area contributed by atoms with Crippen LogP contribution in [0, 0.1) is 5.82 Å². The molecule has 8 nitrogen and oxygen atoms in total. The zero-order valence-electron chi connectivity index (χ0n) is 20.5. The normalized spacial score (nSPS) is 20.6. The molecule has 0 bridgehead atoms. The van der Waals surface area contributed by atoms with Crippen LogP contribution in [-0.2, 0) is 14.1 Å². The maximum atomic E-state index is 14.4. The third-order valence-electron chi connectivity index (χ3n) is 6.89. The molecule has 12 heteroatoms. The minimum absolute atomic E-state index is 0.0772. The van der Waals surface area contributed by atoms with Crippen LogP contribution in [0.1, 0.15) is 62.1 Å². The number of nitrogens with one attached hydrogen (secondary N) is 3. The second kappa shape index (κ2) is 11.5. The summed E-state index contributed by atoms with van der Waals surface area (Å²) in [7, 11) is -3.14. The number of aliphatic imine (C=N–C) groups is 1. The number of aromatic nitrogens is 1. The number of rotatable bonds is 10. The highest BCUT2D eigenvalue weighted by atomic mass is 79.9. The third-order valence-corrected chi connectivity index (χ3v) is 10.7. The second-order valence-electron chi connectivity index (χ2n) is 9.53. The maximum absolute atomic E-state index is 14.4. The molecule has 2 saturated carbocycles. The summed E-state index contributed by atoms with van der Waals surface area (Å²) >= 11 is 4.86. The van der Waals surface area contributed by atoms with E-state index in [0.717, 1.165) is 38.5 Å². The van der Waals surface area contributed by atoms with Gasteiger partial charge in [-0.25, -0.2) is 14.2 Å². The molecule has 2 aromatic rings. The first-order valence-corrected chi connectivity index (χ1v) is 16.2. The largest absolute Gasteiger partial charge is 0.463 e. The summed E-state index contributed by atoms with van der Waals surface area (Å²) in [5, 5.41) is 12.6. The smallest absolute Gasteiger partial charge is 0.338 e. The van der Waals surface area contributed by atoms with Crippen molar-refractivity contribution in [1.82, 2.24) is 20.5 Å². The van der Waals surface area contributed by atoms with Gasteiger partial charge in [0, 0.05) is 33.8 Å². The van der Waals surface area contributed by atoms with Gasteiger partial charge in [0.15, 0.2) is 10.8 Å². The van der Waals surface area contributed by atoms with Gasteiger partial charge in [0.1, 0.15) is 11.9 Å². The standard InChI is InChI=1S/C25H30BrFN5O3PS/c1-2-35-25(33)21-20(14-36(34,31-16-5-3-6-16)32-17-7-4-8-17)29-23(24-28-11-12-37-24)30-22(21)18-10-9-15(27)13-19(18)26/h9-13,16-17,22H,2-8,14H2,1H3,(H,29,30)(H2,31,32,34). The van der Waals surface area contributed by atoms with Crippen molar-refractivity contribution >= 4 is 46.5 Å². The Morgan fingerprint density at radius 2 is 1.95 bits per heavy atom. The van der Waals surface area contributed by atoms with Crippen LogP contribution >= 0.6 is 34.7 Å². The predicted molar refractivity (Wildman–Crippen MR) is 146 cm³/mol. The molecule has 1 aromatic carbocycles. The quantitative estimate of drug-likeness (QED) is 0.244. The summed E-state index contributed by atoms with van der Waals surface area (Å²) in [6.07, 6.45) is 7.88. The summed E-state index contributed by atoms with van der Waals surface area (Å²) < 4.78 is 34.3. The third kappa shape index (κ3) is 6.06. The molecule has 2 aliphatic carbocycles. The van der Waals surface area contributed by atoms with Gasteiger partial charge >= 0.3 is 5.97 Å². The molecule has 1 aromatic heterocycles. The van der Waals surface area contributed by atoms with E-state index >= 15 is 0 Å². The Kier molecular flexibility index (Phi) is 8.26. The number of esters is 1. The number of hydrogen-bond acceptors (Lipinski definition) is 7. The molecule has 1 atom stereocenters. The van der Waals surface area contributed by atoms with Gasteiger partial charge in [-0.05, 0) is 50.3 Å². The SMILES string of the molecule is CCOC(=O)C1=C(CP(=O)(NC2CCC2)NC2CCC2)NC(c2nccs2)=NC1c1ccc(F)cc1Br. The first-order valence-electron chi connectivity index (χ1n) is 12.6. The van der Waals surface area contributed by atoms with Gasteiger partial charge in [0.05, 0.1) is 18.3 Å². The zero-order chi connectivity index (χ0) is 26.0. The molecule has 0 radical (unpaired) electrons. The van der Waals surface area contributed by atoms with Crippen LogP contribution in [0.4, 0.5) is 4.39 Å². The van der Waals surface area contributed by atoms with Crippen molar-refractivity contribution in [2.75, 3.05) is 12.8 Å². The number of amidine groups is 1. The fourth-order valence-electron chi connectivity index (χ4n) is 4.58. The zero-order valence-corrected chi connectivity index (χ0v) is 23.8. The van der Waals surface area contributed by atoms with E-state index in [2.05, 4.69) is 36.4 Å². The molecule has 0 amide bonds. The molecular weight excluding hydrogens is 580 g/mol. The highest BCUT2D eigenvalue weighted by molar-refractivity contribution is 9.10. The van der Waals surface area contributed by atoms with E-state index in [1.54, 1.807) is 19.2 Å². The van der Waals surface area contributed by atoms with Crippen molar-refractivity contribution in [3.63, 3.8) is 0 Å². The van der Waals surface area contributed by atoms with E-state index < -0.39 is 25.3 Å². The Hall–Kier alpha value is -1.91. The molecule has 2 fully saturated rings. The summed E-state index contributed by atoms with van der Waals surface area (Å²) in [6.45, 7) is 1.91. The van der Waals surface area contributed by atoms with E-state index in [4.69, 9.17) is 9.73 Å². The Balaban J connectivity index is 1.60. The van der Waals surface area contributed by atoms with Crippen molar-refractivity contribution in [2.45, 2.75) is 63.6 Å². The lowest BCUT2D eigenvalue weighted by atomic mass is 9.94. The van der Waals surface area contributed by atoms with E-state index in [-0.39, 0.29) is 30.4 Å². The van der Waals surface area contributed by atoms with E-state index in [9.17, 15) is 13.8 Å². The van der Waals surface area contributed by atoms with Crippen LogP contribution < -0.4 is 15.5 Å². The number of ether oxygens (including phenoxy) is 1. The van der Waals surface area contributed by atoms with Gasteiger partial charge in [-0.1, -0.05) is 34.8 Å². The fraction of sp³-hybridized carbons (Fsp3) is 0.480. The van der Waals surface area contributed by atoms with Gasteiger partial charge < -0.3 is 10.1 Å². The summed E-state index contributed by atoms with van der Waals surface area (Å²) in [4.78, 5) is 22.6. The first-order chi connectivity index (χ1) is 17.8. The molecule has 1 unspecified atom stereocenters. The number of nitrogens with zero attached hydrogens (tertiary/aromatic N) is 2. The number of halogens is 2. The molecule has 2 heterocycles. The lowest BCUT2D eigenvalue weighted by Gasteiger charge is -2.37. The van der Waals surface area contributed by atoms with Crippen LogP contribution in [0.3, 0.4) is 0 Å². The van der Waals surface area contributed by atoms with Gasteiger partial charge in [-0.2, -0.15) is 0 Å². The van der Waals surface area contributed by atoms with E-state index in [1.165, 1.54) is 23.5 Å². The topological polar surface area (TPSA) is 105 Å². The highest BCUT2D eigenvalue weighted by Crippen LogP contribution is 2.46. The summed E-state index contributed by atoms with van der Waals surface area (Å²) in [5.74, 6) is -0.486. The molecule has 0 spiro atoms. The van der Waals surface area contributed by atoms with Gasteiger partial charge in [-0.3, -0.25) is 19.7 Å². The van der Waals surface area contributed by atoms with Crippen LogP contribution in [0.5, 0.6) is 0 Å². The van der Waals surface area contributed by atoms with Gasteiger partial charge in [0.2, 0.25) is 7.44 Å². The fourth-order valence-corrected chi connectivity index (χ4v) is 8.39. The lowest BCUT2D eigenvalue weighted by Crippen LogP contribution is -2.44. The lowest BCUT2D eigenvalue weighted by molar-refractivity contribution is -0.138. The monoisotopic (exact) mass is 609 g/mol. The first kappa shape index (κ1) is 26.7. The molecule has 198 valence electrons. The van der Waals surface area contributed by atoms with Crippen LogP contribution in [-0.4, -0.2) is 41.6 Å². The van der Waals surface area contributed by atoms with E-state index in [1.807, 2.05) is 5.38 Å². The Morgan fingerprint density at radius 1 is 1.24 bits per heavy atom. The number of carbonyl (C=O) groups excluding carboxylic acids is 1. The molecule has 5 rings (SSSR count). The minimum atomic E-state index is -3.14. The second-order valence-corrected chi connectivity index (χ2v) is 13.6. The number of carbonyl (C=O) groups is 1. The van der Waals surface area contributed by atoms with Crippen molar-refractivity contribution in [1.29, 1.82) is 0 Å². The molecule has 37 heavy (non-hydrogen) atoms. The van der Waals surface area contributed by atoms with Crippen LogP contribution in [0.15, 0.2) is 50.5 Å². The average molecular weight is 610 g/mol. The number of benzene rings is 1. The van der Waals surface area contributed by atoms with Crippen molar-refractivity contribution in [3.05, 3.63) is 61.9 Å². The van der Waals surface area contributed by atoms with Crippen LogP contribution in [0.2, 0.25) is 0 Å². The molecular formula is C25H30BrFN5O3PS. The number of hydrogen-bond donors (Lipinski definition) is 3. The van der Waals surface area contributed by atoms with Crippen LogP contribution in [0.25, 0.3) is 0 Å². The summed E-state index contributed by atoms with van der Waals surface area (Å²) in [6, 6.07) is 3.86.